The lowest BCUT2D eigenvalue weighted by Gasteiger charge is -2.17. The van der Waals surface area contributed by atoms with Crippen LogP contribution in [-0.4, -0.2) is 19.1 Å². The van der Waals surface area contributed by atoms with Gasteiger partial charge in [0, 0.05) is 12.2 Å². The standard InChI is InChI=1S/C17H13ClN2O2/c18-14-9-12(10-19)5-6-16(14)22-11-17(21)20-8-7-13-3-1-2-4-15(13)20/h1-6,9H,7-8,11H2. The van der Waals surface area contributed by atoms with Crippen molar-refractivity contribution in [2.45, 2.75) is 6.42 Å². The topological polar surface area (TPSA) is 53.3 Å². The first-order valence-corrected chi connectivity index (χ1v) is 7.27. The number of amides is 1. The normalized spacial score (nSPS) is 12.6. The molecule has 0 atom stereocenters. The zero-order chi connectivity index (χ0) is 15.5. The maximum atomic E-state index is 12.3. The third kappa shape index (κ3) is 2.76. The van der Waals surface area contributed by atoms with E-state index in [0.717, 1.165) is 12.1 Å². The summed E-state index contributed by atoms with van der Waals surface area (Å²) in [5, 5.41) is 9.12. The molecule has 0 unspecified atom stereocenters. The van der Waals surface area contributed by atoms with Crippen molar-refractivity contribution in [3.63, 3.8) is 0 Å². The van der Waals surface area contributed by atoms with Gasteiger partial charge in [-0.3, -0.25) is 4.79 Å². The average molecular weight is 313 g/mol. The van der Waals surface area contributed by atoms with Gasteiger partial charge in [0.2, 0.25) is 0 Å². The van der Waals surface area contributed by atoms with Gasteiger partial charge in [-0.15, -0.1) is 0 Å². The van der Waals surface area contributed by atoms with E-state index in [4.69, 9.17) is 21.6 Å². The SMILES string of the molecule is N#Cc1ccc(OCC(=O)N2CCc3ccccc32)c(Cl)c1. The predicted octanol–water partition coefficient (Wildman–Crippen LogP) is 3.18. The molecular weight excluding hydrogens is 300 g/mol. The molecule has 2 aromatic rings. The molecule has 3 rings (SSSR count). The van der Waals surface area contributed by atoms with E-state index in [9.17, 15) is 4.79 Å². The van der Waals surface area contributed by atoms with Gasteiger partial charge in [-0.25, -0.2) is 0 Å². The third-order valence-electron chi connectivity index (χ3n) is 3.60. The number of ether oxygens (including phenoxy) is 1. The number of benzene rings is 2. The maximum absolute atomic E-state index is 12.3. The van der Waals surface area contributed by atoms with Crippen molar-refractivity contribution in [3.8, 4) is 11.8 Å². The number of carbonyl (C=O) groups is 1. The van der Waals surface area contributed by atoms with Crippen molar-refractivity contribution in [1.82, 2.24) is 0 Å². The first-order valence-electron chi connectivity index (χ1n) is 6.90. The van der Waals surface area contributed by atoms with Crippen LogP contribution in [0.1, 0.15) is 11.1 Å². The van der Waals surface area contributed by atoms with Gasteiger partial charge in [0.25, 0.3) is 5.91 Å². The van der Waals surface area contributed by atoms with Gasteiger partial charge in [0.15, 0.2) is 6.61 Å². The number of anilines is 1. The number of rotatable bonds is 3. The summed E-state index contributed by atoms with van der Waals surface area (Å²) in [7, 11) is 0. The van der Waals surface area contributed by atoms with Crippen molar-refractivity contribution in [2.24, 2.45) is 0 Å². The van der Waals surface area contributed by atoms with Gasteiger partial charge in [-0.2, -0.15) is 5.26 Å². The van der Waals surface area contributed by atoms with Crippen molar-refractivity contribution in [3.05, 3.63) is 58.6 Å². The Hall–Kier alpha value is -2.51. The fourth-order valence-corrected chi connectivity index (χ4v) is 2.74. The van der Waals surface area contributed by atoms with Gasteiger partial charge in [-0.05, 0) is 36.2 Å². The Bertz CT molecular complexity index is 767. The molecule has 0 N–H and O–H groups in total. The molecule has 0 radical (unpaired) electrons. The van der Waals surface area contributed by atoms with Crippen LogP contribution in [0.25, 0.3) is 0 Å². The fourth-order valence-electron chi connectivity index (χ4n) is 2.50. The summed E-state index contributed by atoms with van der Waals surface area (Å²) >= 11 is 6.03. The summed E-state index contributed by atoms with van der Waals surface area (Å²) in [4.78, 5) is 14.1. The largest absolute Gasteiger partial charge is 0.482 e. The number of nitriles is 1. The minimum Gasteiger partial charge on any atom is -0.482 e. The summed E-state index contributed by atoms with van der Waals surface area (Å²) in [5.41, 5.74) is 2.58. The number of nitrogens with zero attached hydrogens (tertiary/aromatic N) is 2. The van der Waals surface area contributed by atoms with Crippen LogP contribution < -0.4 is 9.64 Å². The minimum absolute atomic E-state index is 0.0834. The average Bonchev–Trinajstić information content (AvgIpc) is 2.97. The van der Waals surface area contributed by atoms with Gasteiger partial charge in [-0.1, -0.05) is 29.8 Å². The molecule has 0 spiro atoms. The van der Waals surface area contributed by atoms with Crippen LogP contribution in [0, 0.1) is 11.3 Å². The number of hydrogen-bond donors (Lipinski definition) is 0. The molecular formula is C17H13ClN2O2. The molecule has 1 heterocycles. The highest BCUT2D eigenvalue weighted by atomic mass is 35.5. The molecule has 1 aliphatic heterocycles. The molecule has 0 aliphatic carbocycles. The Balaban J connectivity index is 1.68. The number of para-hydroxylation sites is 1. The lowest BCUT2D eigenvalue weighted by molar-refractivity contribution is -0.120. The molecule has 0 fully saturated rings. The Labute approximate surface area is 133 Å². The minimum atomic E-state index is -0.106. The Morgan fingerprint density at radius 1 is 1.32 bits per heavy atom. The van der Waals surface area contributed by atoms with Crippen LogP contribution in [0.2, 0.25) is 5.02 Å². The van der Waals surface area contributed by atoms with E-state index >= 15 is 0 Å². The van der Waals surface area contributed by atoms with Crippen LogP contribution in [0.5, 0.6) is 5.75 Å². The highest BCUT2D eigenvalue weighted by molar-refractivity contribution is 6.32. The van der Waals surface area contributed by atoms with E-state index in [1.54, 1.807) is 17.0 Å². The zero-order valence-electron chi connectivity index (χ0n) is 11.8. The van der Waals surface area contributed by atoms with Crippen molar-refractivity contribution >= 4 is 23.2 Å². The van der Waals surface area contributed by atoms with Crippen molar-refractivity contribution < 1.29 is 9.53 Å². The third-order valence-corrected chi connectivity index (χ3v) is 3.90. The van der Waals surface area contributed by atoms with E-state index in [2.05, 4.69) is 0 Å². The summed E-state index contributed by atoms with van der Waals surface area (Å²) in [6.45, 7) is 0.586. The molecule has 1 aliphatic rings. The lowest BCUT2D eigenvalue weighted by Crippen LogP contribution is -2.33. The van der Waals surface area contributed by atoms with Crippen molar-refractivity contribution in [1.29, 1.82) is 5.26 Å². The quantitative estimate of drug-likeness (QED) is 0.874. The van der Waals surface area contributed by atoms with Gasteiger partial charge < -0.3 is 9.64 Å². The van der Waals surface area contributed by atoms with E-state index in [-0.39, 0.29) is 12.5 Å². The fraction of sp³-hybridized carbons (Fsp3) is 0.176. The van der Waals surface area contributed by atoms with Crippen molar-refractivity contribution in [2.75, 3.05) is 18.1 Å². The highest BCUT2D eigenvalue weighted by Crippen LogP contribution is 2.28. The highest BCUT2D eigenvalue weighted by Gasteiger charge is 2.24. The number of halogens is 1. The van der Waals surface area contributed by atoms with Crippen LogP contribution in [0.3, 0.4) is 0 Å². The molecule has 5 heteroatoms. The second kappa shape index (κ2) is 6.08. The Morgan fingerprint density at radius 3 is 2.91 bits per heavy atom. The molecule has 2 aromatic carbocycles. The first kappa shape index (κ1) is 14.4. The molecule has 4 nitrogen and oxygen atoms in total. The first-order chi connectivity index (χ1) is 10.7. The Morgan fingerprint density at radius 2 is 2.14 bits per heavy atom. The van der Waals surface area contributed by atoms with Gasteiger partial charge in [0.05, 0.1) is 16.7 Å². The van der Waals surface area contributed by atoms with Crippen LogP contribution in [0.15, 0.2) is 42.5 Å². The van der Waals surface area contributed by atoms with Crippen LogP contribution in [-0.2, 0) is 11.2 Å². The molecule has 0 saturated heterocycles. The zero-order valence-corrected chi connectivity index (χ0v) is 12.5. The van der Waals surface area contributed by atoms with Gasteiger partial charge >= 0.3 is 0 Å². The molecule has 22 heavy (non-hydrogen) atoms. The number of hydrogen-bond acceptors (Lipinski definition) is 3. The molecule has 110 valence electrons. The van der Waals surface area contributed by atoms with E-state index in [1.165, 1.54) is 11.6 Å². The number of fused-ring (bicyclic) bond motifs is 1. The molecule has 0 saturated carbocycles. The molecule has 0 bridgehead atoms. The summed E-state index contributed by atoms with van der Waals surface area (Å²) < 4.78 is 5.49. The molecule has 0 aromatic heterocycles. The Kier molecular flexibility index (Phi) is 3.99. The van der Waals surface area contributed by atoms with E-state index < -0.39 is 0 Å². The smallest absolute Gasteiger partial charge is 0.264 e. The summed E-state index contributed by atoms with van der Waals surface area (Å²) in [5.74, 6) is 0.298. The van der Waals surface area contributed by atoms with Gasteiger partial charge in [0.1, 0.15) is 5.75 Å². The van der Waals surface area contributed by atoms with E-state index in [1.807, 2.05) is 30.3 Å². The maximum Gasteiger partial charge on any atom is 0.264 e. The summed E-state index contributed by atoms with van der Waals surface area (Å²) in [6, 6.07) is 14.6. The lowest BCUT2D eigenvalue weighted by atomic mass is 10.2. The second-order valence-electron chi connectivity index (χ2n) is 4.97. The second-order valence-corrected chi connectivity index (χ2v) is 5.38. The summed E-state index contributed by atoms with van der Waals surface area (Å²) in [6.07, 6.45) is 0.861. The number of carbonyl (C=O) groups excluding carboxylic acids is 1. The predicted molar refractivity (Wildman–Crippen MR) is 84.2 cm³/mol. The van der Waals surface area contributed by atoms with Crippen LogP contribution >= 0.6 is 11.6 Å². The molecule has 1 amide bonds. The van der Waals surface area contributed by atoms with E-state index in [0.29, 0.717) is 22.9 Å². The monoisotopic (exact) mass is 312 g/mol. The van der Waals surface area contributed by atoms with Crippen LogP contribution in [0.4, 0.5) is 5.69 Å².